The Morgan fingerprint density at radius 2 is 1.53 bits per heavy atom. The van der Waals surface area contributed by atoms with Crippen LogP contribution in [0.4, 0.5) is 11.6 Å². The summed E-state index contributed by atoms with van der Waals surface area (Å²) in [5, 5.41) is 3.08. The first-order chi connectivity index (χ1) is 9.13. The molecule has 0 unspecified atom stereocenters. The molecule has 0 atom stereocenters. The lowest BCUT2D eigenvalue weighted by Gasteiger charge is -2.12. The molecule has 2 rings (SSSR count). The van der Waals surface area contributed by atoms with E-state index in [-0.39, 0.29) is 0 Å². The molecule has 0 bridgehead atoms. The Morgan fingerprint density at radius 3 is 2.00 bits per heavy atom. The van der Waals surface area contributed by atoms with E-state index < -0.39 is 0 Å². The minimum Gasteiger partial charge on any atom is -0.495 e. The predicted octanol–water partition coefficient (Wildman–Crippen LogP) is 3.76. The van der Waals surface area contributed by atoms with Crippen molar-refractivity contribution in [1.29, 1.82) is 0 Å². The highest BCUT2D eigenvalue weighted by atomic mass is 79.9. The van der Waals surface area contributed by atoms with Crippen LogP contribution in [0.2, 0.25) is 0 Å². The molecule has 5 nitrogen and oxygen atoms in total. The van der Waals surface area contributed by atoms with E-state index in [0.29, 0.717) is 17.4 Å². The maximum Gasteiger partial charge on any atom is 0.227 e. The van der Waals surface area contributed by atoms with E-state index in [2.05, 4.69) is 47.1 Å². The molecule has 0 saturated carbocycles. The van der Waals surface area contributed by atoms with Crippen molar-refractivity contribution < 1.29 is 9.47 Å². The summed E-state index contributed by atoms with van der Waals surface area (Å²) >= 11 is 6.70. The number of hydrogen-bond acceptors (Lipinski definition) is 5. The summed E-state index contributed by atoms with van der Waals surface area (Å²) in [5.41, 5.74) is 0.777. The highest BCUT2D eigenvalue weighted by Crippen LogP contribution is 2.37. The van der Waals surface area contributed by atoms with Gasteiger partial charge in [0.15, 0.2) is 0 Å². The molecule has 0 amide bonds. The SMILES string of the molecule is COc1cc(Nc2ncc(Br)cn2)cc(OC)c1Br. The van der Waals surface area contributed by atoms with E-state index in [1.807, 2.05) is 12.1 Å². The molecule has 0 aliphatic carbocycles. The van der Waals surface area contributed by atoms with Crippen LogP contribution in [0.5, 0.6) is 11.5 Å². The molecule has 100 valence electrons. The zero-order valence-electron chi connectivity index (χ0n) is 10.3. The third-order valence-corrected chi connectivity index (χ3v) is 3.51. The van der Waals surface area contributed by atoms with E-state index in [1.165, 1.54) is 0 Å². The van der Waals surface area contributed by atoms with E-state index in [0.717, 1.165) is 14.6 Å². The van der Waals surface area contributed by atoms with Crippen LogP contribution in [0, 0.1) is 0 Å². The van der Waals surface area contributed by atoms with Crippen LogP contribution in [0.1, 0.15) is 0 Å². The van der Waals surface area contributed by atoms with Crippen molar-refractivity contribution in [2.24, 2.45) is 0 Å². The lowest BCUT2D eigenvalue weighted by molar-refractivity contribution is 0.390. The lowest BCUT2D eigenvalue weighted by atomic mass is 10.3. The fourth-order valence-corrected chi connectivity index (χ4v) is 2.20. The minimum absolute atomic E-state index is 0.495. The van der Waals surface area contributed by atoms with Crippen molar-refractivity contribution in [3.63, 3.8) is 0 Å². The van der Waals surface area contributed by atoms with E-state index in [9.17, 15) is 0 Å². The fourth-order valence-electron chi connectivity index (χ4n) is 1.45. The summed E-state index contributed by atoms with van der Waals surface area (Å²) < 4.78 is 12.1. The predicted molar refractivity (Wildman–Crippen MR) is 80.3 cm³/mol. The van der Waals surface area contributed by atoms with Gasteiger partial charge in [0.1, 0.15) is 16.0 Å². The van der Waals surface area contributed by atoms with Crippen LogP contribution in [-0.4, -0.2) is 24.2 Å². The Labute approximate surface area is 127 Å². The summed E-state index contributed by atoms with van der Waals surface area (Å²) in [5.74, 6) is 1.83. The van der Waals surface area contributed by atoms with Crippen molar-refractivity contribution in [2.75, 3.05) is 19.5 Å². The Morgan fingerprint density at radius 1 is 1.00 bits per heavy atom. The molecule has 1 aromatic heterocycles. The quantitative estimate of drug-likeness (QED) is 0.863. The zero-order chi connectivity index (χ0) is 13.8. The second-order valence-corrected chi connectivity index (χ2v) is 5.25. The highest BCUT2D eigenvalue weighted by molar-refractivity contribution is 9.11. The summed E-state index contributed by atoms with van der Waals surface area (Å²) in [6.45, 7) is 0. The second-order valence-electron chi connectivity index (χ2n) is 3.54. The van der Waals surface area contributed by atoms with Crippen LogP contribution < -0.4 is 14.8 Å². The number of ether oxygens (including phenoxy) is 2. The number of methoxy groups -OCH3 is 2. The van der Waals surface area contributed by atoms with Gasteiger partial charge in [0.05, 0.1) is 18.7 Å². The summed E-state index contributed by atoms with van der Waals surface area (Å²) in [7, 11) is 3.19. The minimum atomic E-state index is 0.495. The molecular weight excluding hydrogens is 378 g/mol. The van der Waals surface area contributed by atoms with Crippen LogP contribution >= 0.6 is 31.9 Å². The first-order valence-electron chi connectivity index (χ1n) is 5.30. The van der Waals surface area contributed by atoms with Gasteiger partial charge in [-0.1, -0.05) is 0 Å². The largest absolute Gasteiger partial charge is 0.495 e. The van der Waals surface area contributed by atoms with Gasteiger partial charge in [0.25, 0.3) is 0 Å². The molecule has 0 spiro atoms. The zero-order valence-corrected chi connectivity index (χ0v) is 13.4. The second kappa shape index (κ2) is 6.21. The van der Waals surface area contributed by atoms with Gasteiger partial charge in [-0.3, -0.25) is 0 Å². The number of aromatic nitrogens is 2. The number of benzene rings is 1. The number of anilines is 2. The molecule has 7 heteroatoms. The third kappa shape index (κ3) is 3.36. The first kappa shape index (κ1) is 14.1. The Kier molecular flexibility index (Phi) is 4.60. The molecule has 2 aromatic rings. The van der Waals surface area contributed by atoms with Gasteiger partial charge in [0, 0.05) is 30.2 Å². The normalized spacial score (nSPS) is 10.1. The molecule has 1 N–H and O–H groups in total. The highest BCUT2D eigenvalue weighted by Gasteiger charge is 2.10. The summed E-state index contributed by atoms with van der Waals surface area (Å²) in [6, 6.07) is 3.66. The van der Waals surface area contributed by atoms with Gasteiger partial charge >= 0.3 is 0 Å². The van der Waals surface area contributed by atoms with Gasteiger partial charge in [-0.05, 0) is 31.9 Å². The molecule has 0 aliphatic heterocycles. The van der Waals surface area contributed by atoms with Crippen molar-refractivity contribution in [2.45, 2.75) is 0 Å². The van der Waals surface area contributed by atoms with E-state index in [4.69, 9.17) is 9.47 Å². The monoisotopic (exact) mass is 387 g/mol. The Bertz CT molecular complexity index is 551. The number of hydrogen-bond donors (Lipinski definition) is 1. The maximum atomic E-state index is 5.27. The number of nitrogens with zero attached hydrogens (tertiary/aromatic N) is 2. The van der Waals surface area contributed by atoms with Crippen molar-refractivity contribution >= 4 is 43.5 Å². The molecule has 0 radical (unpaired) electrons. The van der Waals surface area contributed by atoms with Crippen LogP contribution in [0.3, 0.4) is 0 Å². The Balaban J connectivity index is 2.32. The summed E-state index contributed by atoms with van der Waals surface area (Å²) in [6.07, 6.45) is 3.34. The molecule has 0 fully saturated rings. The van der Waals surface area contributed by atoms with Gasteiger partial charge < -0.3 is 14.8 Å². The van der Waals surface area contributed by atoms with E-state index >= 15 is 0 Å². The van der Waals surface area contributed by atoms with Crippen LogP contribution in [0.15, 0.2) is 33.5 Å². The number of rotatable bonds is 4. The van der Waals surface area contributed by atoms with Gasteiger partial charge in [0.2, 0.25) is 5.95 Å². The van der Waals surface area contributed by atoms with Crippen molar-refractivity contribution in [1.82, 2.24) is 9.97 Å². The van der Waals surface area contributed by atoms with Gasteiger partial charge in [-0.15, -0.1) is 0 Å². The summed E-state index contributed by atoms with van der Waals surface area (Å²) in [4.78, 5) is 8.29. The molecule has 0 saturated heterocycles. The molecule has 0 aliphatic rings. The van der Waals surface area contributed by atoms with Gasteiger partial charge in [-0.25, -0.2) is 9.97 Å². The average molecular weight is 389 g/mol. The molecule has 1 heterocycles. The van der Waals surface area contributed by atoms with E-state index in [1.54, 1.807) is 26.6 Å². The van der Waals surface area contributed by atoms with Crippen molar-refractivity contribution in [3.8, 4) is 11.5 Å². The van der Waals surface area contributed by atoms with Gasteiger partial charge in [-0.2, -0.15) is 0 Å². The molecule has 1 aromatic carbocycles. The molecule has 19 heavy (non-hydrogen) atoms. The first-order valence-corrected chi connectivity index (χ1v) is 6.88. The Hall–Kier alpha value is -1.34. The fraction of sp³-hybridized carbons (Fsp3) is 0.167. The number of nitrogens with one attached hydrogen (secondary N) is 1. The topological polar surface area (TPSA) is 56.3 Å². The standard InChI is InChI=1S/C12H11Br2N3O2/c1-18-9-3-8(4-10(19-2)11(9)14)17-12-15-5-7(13)6-16-12/h3-6H,1-2H3,(H,15,16,17). The molecular formula is C12H11Br2N3O2. The third-order valence-electron chi connectivity index (χ3n) is 2.32. The smallest absolute Gasteiger partial charge is 0.227 e. The average Bonchev–Trinajstić information content (AvgIpc) is 2.43. The van der Waals surface area contributed by atoms with Crippen LogP contribution in [-0.2, 0) is 0 Å². The lowest BCUT2D eigenvalue weighted by Crippen LogP contribution is -1.98. The van der Waals surface area contributed by atoms with Crippen LogP contribution in [0.25, 0.3) is 0 Å². The maximum absolute atomic E-state index is 5.27. The number of halogens is 2. The van der Waals surface area contributed by atoms with Crippen molar-refractivity contribution in [3.05, 3.63) is 33.5 Å².